The Labute approximate surface area is 177 Å². The molecule has 0 amide bonds. The molecule has 0 saturated carbocycles. The van der Waals surface area contributed by atoms with Gasteiger partial charge < -0.3 is 9.47 Å². The van der Waals surface area contributed by atoms with Crippen LogP contribution in [0.25, 0.3) is 0 Å². The van der Waals surface area contributed by atoms with E-state index in [9.17, 15) is 0 Å². The number of para-hydroxylation sites is 1. The van der Waals surface area contributed by atoms with Crippen LogP contribution < -0.4 is 9.47 Å². The Morgan fingerprint density at radius 1 is 0.552 bits per heavy atom. The standard InChI is InChI=1S/C23H24O2.2C2H6/c1-16-17(2)19(4)23(25-21-13-9-6-10-14-21)22(18(16)3)24-15-20-11-7-5-8-12-20;2*1-2/h5-14H,15H2,1-4H3;2*1-2H3. The first-order valence-electron chi connectivity index (χ1n) is 10.6. The molecule has 0 aliphatic heterocycles. The lowest BCUT2D eigenvalue weighted by Crippen LogP contribution is -2.04. The minimum absolute atomic E-state index is 0.523. The van der Waals surface area contributed by atoms with Crippen LogP contribution in [0, 0.1) is 27.7 Å². The molecular formula is C27H36O2. The van der Waals surface area contributed by atoms with Crippen molar-refractivity contribution in [3.8, 4) is 17.2 Å². The topological polar surface area (TPSA) is 18.5 Å². The number of benzene rings is 3. The van der Waals surface area contributed by atoms with E-state index in [1.807, 2.05) is 76.2 Å². The van der Waals surface area contributed by atoms with Crippen LogP contribution in [0.3, 0.4) is 0 Å². The normalized spacial score (nSPS) is 9.52. The minimum Gasteiger partial charge on any atom is -0.485 e. The van der Waals surface area contributed by atoms with E-state index in [-0.39, 0.29) is 0 Å². The number of ether oxygens (including phenoxy) is 2. The van der Waals surface area contributed by atoms with Crippen molar-refractivity contribution < 1.29 is 9.47 Å². The van der Waals surface area contributed by atoms with Crippen LogP contribution in [0.1, 0.15) is 55.5 Å². The third-order valence-corrected chi connectivity index (χ3v) is 4.76. The summed E-state index contributed by atoms with van der Waals surface area (Å²) in [7, 11) is 0. The first-order valence-corrected chi connectivity index (χ1v) is 10.6. The monoisotopic (exact) mass is 392 g/mol. The van der Waals surface area contributed by atoms with Crippen LogP contribution in [-0.2, 0) is 6.61 Å². The fourth-order valence-electron chi connectivity index (χ4n) is 2.88. The van der Waals surface area contributed by atoms with E-state index >= 15 is 0 Å². The molecule has 0 aliphatic rings. The Bertz CT molecular complexity index is 853. The van der Waals surface area contributed by atoms with Gasteiger partial charge in [-0.3, -0.25) is 0 Å². The number of hydrogen-bond donors (Lipinski definition) is 0. The zero-order valence-corrected chi connectivity index (χ0v) is 19.3. The van der Waals surface area contributed by atoms with Gasteiger partial charge in [0.05, 0.1) is 0 Å². The molecule has 0 saturated heterocycles. The van der Waals surface area contributed by atoms with Gasteiger partial charge in [-0.2, -0.15) is 0 Å². The molecular weight excluding hydrogens is 356 g/mol. The van der Waals surface area contributed by atoms with Crippen molar-refractivity contribution in [2.45, 2.75) is 62.0 Å². The van der Waals surface area contributed by atoms with Gasteiger partial charge in [0.2, 0.25) is 0 Å². The summed E-state index contributed by atoms with van der Waals surface area (Å²) in [6, 6.07) is 20.1. The molecule has 0 spiro atoms. The first-order chi connectivity index (χ1) is 14.1. The van der Waals surface area contributed by atoms with Crippen molar-refractivity contribution in [3.63, 3.8) is 0 Å². The van der Waals surface area contributed by atoms with E-state index in [4.69, 9.17) is 9.47 Å². The predicted molar refractivity (Wildman–Crippen MR) is 125 cm³/mol. The number of rotatable bonds is 5. The molecule has 0 N–H and O–H groups in total. The lowest BCUT2D eigenvalue weighted by atomic mass is 9.97. The molecule has 2 heteroatoms. The van der Waals surface area contributed by atoms with Crippen molar-refractivity contribution in [1.29, 1.82) is 0 Å². The second-order valence-corrected chi connectivity index (χ2v) is 6.35. The van der Waals surface area contributed by atoms with Gasteiger partial charge in [0.25, 0.3) is 0 Å². The van der Waals surface area contributed by atoms with Crippen molar-refractivity contribution in [3.05, 3.63) is 88.5 Å². The quantitative estimate of drug-likeness (QED) is 0.434. The van der Waals surface area contributed by atoms with E-state index < -0.39 is 0 Å². The highest BCUT2D eigenvalue weighted by Crippen LogP contribution is 2.41. The molecule has 0 radical (unpaired) electrons. The third kappa shape index (κ3) is 6.39. The average Bonchev–Trinajstić information content (AvgIpc) is 2.80. The van der Waals surface area contributed by atoms with Gasteiger partial charge in [-0.25, -0.2) is 0 Å². The Hall–Kier alpha value is -2.74. The van der Waals surface area contributed by atoms with Crippen LogP contribution in [0.15, 0.2) is 60.7 Å². The van der Waals surface area contributed by atoms with Gasteiger partial charge in [0, 0.05) is 0 Å². The molecule has 0 unspecified atom stereocenters. The van der Waals surface area contributed by atoms with E-state index in [2.05, 4.69) is 39.8 Å². The van der Waals surface area contributed by atoms with Crippen molar-refractivity contribution in [2.24, 2.45) is 0 Å². The van der Waals surface area contributed by atoms with Crippen molar-refractivity contribution in [1.82, 2.24) is 0 Å². The van der Waals surface area contributed by atoms with E-state index in [1.165, 1.54) is 11.1 Å². The summed E-state index contributed by atoms with van der Waals surface area (Å²) in [4.78, 5) is 0. The molecule has 3 aromatic carbocycles. The highest BCUT2D eigenvalue weighted by Gasteiger charge is 2.18. The molecule has 0 fully saturated rings. The van der Waals surface area contributed by atoms with Gasteiger partial charge >= 0.3 is 0 Å². The van der Waals surface area contributed by atoms with E-state index in [1.54, 1.807) is 0 Å². The minimum atomic E-state index is 0.523. The Kier molecular flexibility index (Phi) is 10.6. The average molecular weight is 393 g/mol. The summed E-state index contributed by atoms with van der Waals surface area (Å²) in [6.07, 6.45) is 0. The highest BCUT2D eigenvalue weighted by atomic mass is 16.5. The summed E-state index contributed by atoms with van der Waals surface area (Å²) in [5.41, 5.74) is 5.89. The summed E-state index contributed by atoms with van der Waals surface area (Å²) in [6.45, 7) is 17.0. The smallest absolute Gasteiger partial charge is 0.172 e. The van der Waals surface area contributed by atoms with E-state index in [0.717, 1.165) is 33.9 Å². The molecule has 0 atom stereocenters. The van der Waals surface area contributed by atoms with Gasteiger partial charge in [-0.15, -0.1) is 0 Å². The van der Waals surface area contributed by atoms with Gasteiger partial charge in [0.15, 0.2) is 11.5 Å². The predicted octanol–water partition coefficient (Wildman–Crippen LogP) is 8.34. The lowest BCUT2D eigenvalue weighted by molar-refractivity contribution is 0.288. The summed E-state index contributed by atoms with van der Waals surface area (Å²) in [5.74, 6) is 2.45. The third-order valence-electron chi connectivity index (χ3n) is 4.76. The van der Waals surface area contributed by atoms with Gasteiger partial charge in [-0.05, 0) is 67.6 Å². The van der Waals surface area contributed by atoms with Crippen LogP contribution >= 0.6 is 0 Å². The first kappa shape index (κ1) is 24.3. The van der Waals surface area contributed by atoms with Gasteiger partial charge in [-0.1, -0.05) is 76.2 Å². The largest absolute Gasteiger partial charge is 0.485 e. The molecule has 2 nitrogen and oxygen atoms in total. The molecule has 156 valence electrons. The Morgan fingerprint density at radius 3 is 1.52 bits per heavy atom. The molecule has 3 rings (SSSR count). The molecule has 0 aromatic heterocycles. The summed E-state index contributed by atoms with van der Waals surface area (Å²) in [5, 5.41) is 0. The Balaban J connectivity index is 0.000000989. The van der Waals surface area contributed by atoms with Crippen LogP contribution in [0.2, 0.25) is 0 Å². The second kappa shape index (κ2) is 12.7. The van der Waals surface area contributed by atoms with Crippen molar-refractivity contribution in [2.75, 3.05) is 0 Å². The summed E-state index contributed by atoms with van der Waals surface area (Å²) >= 11 is 0. The zero-order chi connectivity index (χ0) is 21.8. The molecule has 0 bridgehead atoms. The molecule has 29 heavy (non-hydrogen) atoms. The zero-order valence-electron chi connectivity index (χ0n) is 19.3. The van der Waals surface area contributed by atoms with Crippen molar-refractivity contribution >= 4 is 0 Å². The molecule has 0 aliphatic carbocycles. The second-order valence-electron chi connectivity index (χ2n) is 6.35. The lowest BCUT2D eigenvalue weighted by Gasteiger charge is -2.21. The highest BCUT2D eigenvalue weighted by molar-refractivity contribution is 5.59. The summed E-state index contributed by atoms with van der Waals surface area (Å²) < 4.78 is 12.4. The van der Waals surface area contributed by atoms with Gasteiger partial charge in [0.1, 0.15) is 12.4 Å². The van der Waals surface area contributed by atoms with Crippen LogP contribution in [0.5, 0.6) is 17.2 Å². The van der Waals surface area contributed by atoms with E-state index in [0.29, 0.717) is 6.61 Å². The number of hydrogen-bond acceptors (Lipinski definition) is 2. The maximum atomic E-state index is 6.22. The maximum Gasteiger partial charge on any atom is 0.172 e. The van der Waals surface area contributed by atoms with Crippen LogP contribution in [-0.4, -0.2) is 0 Å². The Morgan fingerprint density at radius 2 is 1.00 bits per heavy atom. The fourth-order valence-corrected chi connectivity index (χ4v) is 2.88. The maximum absolute atomic E-state index is 6.22. The molecule has 0 heterocycles. The SMILES string of the molecule is CC.CC.Cc1c(C)c(C)c(Oc2ccccc2)c(OCc2ccccc2)c1C. The fraction of sp³-hybridized carbons (Fsp3) is 0.333. The van der Waals surface area contributed by atoms with Crippen LogP contribution in [0.4, 0.5) is 0 Å². The molecule has 3 aromatic rings.